The van der Waals surface area contributed by atoms with Crippen LogP contribution in [0.4, 0.5) is 15.3 Å². The number of aromatic hydroxyl groups is 1. The largest absolute Gasteiger partial charge is 0.508 e. The van der Waals surface area contributed by atoms with E-state index >= 15 is 0 Å². The minimum absolute atomic E-state index is 0.146. The zero-order chi connectivity index (χ0) is 16.4. The summed E-state index contributed by atoms with van der Waals surface area (Å²) in [4.78, 5) is 24.0. The van der Waals surface area contributed by atoms with Crippen LogP contribution >= 0.6 is 0 Å². The molecule has 0 aromatic heterocycles. The third-order valence-electron chi connectivity index (χ3n) is 2.53. The minimum Gasteiger partial charge on any atom is -0.508 e. The zero-order valence-electron chi connectivity index (χ0n) is 12.8. The van der Waals surface area contributed by atoms with E-state index in [0.717, 1.165) is 4.90 Å². The van der Waals surface area contributed by atoms with E-state index in [1.165, 1.54) is 20.2 Å². The van der Waals surface area contributed by atoms with Crippen LogP contribution in [0.25, 0.3) is 0 Å². The highest BCUT2D eigenvalue weighted by Crippen LogP contribution is 2.15. The summed E-state index contributed by atoms with van der Waals surface area (Å²) in [5, 5.41) is 19.8. The van der Waals surface area contributed by atoms with Gasteiger partial charge in [0, 0.05) is 38.9 Å². The molecule has 0 fully saturated rings. The lowest BCUT2D eigenvalue weighted by atomic mass is 10.3. The summed E-state index contributed by atoms with van der Waals surface area (Å²) in [6.07, 6.45) is -0.907. The Bertz CT molecular complexity index is 459. The zero-order valence-corrected chi connectivity index (χ0v) is 12.8. The molecule has 0 saturated heterocycles. The average Bonchev–Trinajstić information content (AvgIpc) is 2.40. The van der Waals surface area contributed by atoms with Crippen LogP contribution < -0.4 is 5.32 Å². The van der Waals surface area contributed by atoms with Crippen LogP contribution in [0, 0.1) is 0 Å². The quantitative estimate of drug-likeness (QED) is 0.799. The van der Waals surface area contributed by atoms with E-state index in [0.29, 0.717) is 18.8 Å². The molecule has 0 aliphatic heterocycles. The lowest BCUT2D eigenvalue weighted by molar-refractivity contribution is 0.165. The molecule has 0 unspecified atom stereocenters. The fourth-order valence-corrected chi connectivity index (χ4v) is 1.30. The van der Waals surface area contributed by atoms with Crippen LogP contribution in [0.1, 0.15) is 13.8 Å². The molecule has 118 valence electrons. The molecule has 1 aromatic rings. The Morgan fingerprint density at radius 1 is 1.19 bits per heavy atom. The van der Waals surface area contributed by atoms with Gasteiger partial charge in [0.25, 0.3) is 0 Å². The molecule has 0 atom stereocenters. The molecule has 0 aliphatic carbocycles. The Balaban J connectivity index is 0.000000567. The summed E-state index contributed by atoms with van der Waals surface area (Å²) in [5.41, 5.74) is 0.604. The molecule has 7 heteroatoms. The van der Waals surface area contributed by atoms with E-state index in [-0.39, 0.29) is 11.8 Å². The number of carboxylic acid groups (broad SMARTS) is 1. The third-order valence-corrected chi connectivity index (χ3v) is 2.53. The van der Waals surface area contributed by atoms with Crippen LogP contribution in [-0.2, 0) is 0 Å². The van der Waals surface area contributed by atoms with Gasteiger partial charge in [-0.2, -0.15) is 0 Å². The lowest BCUT2D eigenvalue weighted by Crippen LogP contribution is -2.34. The fraction of sp³-hybridized carbons (Fsp3) is 0.429. The number of carbonyl (C=O) groups excluding carboxylic acids is 1. The molecule has 0 heterocycles. The van der Waals surface area contributed by atoms with Crippen molar-refractivity contribution in [2.24, 2.45) is 0 Å². The molecule has 0 aliphatic rings. The summed E-state index contributed by atoms with van der Waals surface area (Å²) >= 11 is 0. The number of amides is 3. The molecule has 1 aromatic carbocycles. The second-order valence-electron chi connectivity index (χ2n) is 4.33. The van der Waals surface area contributed by atoms with E-state index in [4.69, 9.17) is 5.11 Å². The molecule has 0 spiro atoms. The topological polar surface area (TPSA) is 93.1 Å². The van der Waals surface area contributed by atoms with Crippen LogP contribution in [0.15, 0.2) is 24.3 Å². The van der Waals surface area contributed by atoms with Crippen molar-refractivity contribution in [1.29, 1.82) is 0 Å². The highest BCUT2D eigenvalue weighted by atomic mass is 16.4. The number of rotatable bonds is 3. The Morgan fingerprint density at radius 3 is 2.10 bits per heavy atom. The van der Waals surface area contributed by atoms with E-state index in [1.807, 2.05) is 13.8 Å². The molecule has 3 N–H and O–H groups in total. The number of carbonyl (C=O) groups is 2. The van der Waals surface area contributed by atoms with Crippen molar-refractivity contribution < 1.29 is 19.8 Å². The Kier molecular flexibility index (Phi) is 8.36. The van der Waals surface area contributed by atoms with Crippen LogP contribution in [0.2, 0.25) is 0 Å². The normalized spacial score (nSPS) is 9.14. The van der Waals surface area contributed by atoms with E-state index in [9.17, 15) is 14.7 Å². The first kappa shape index (κ1) is 18.6. The third kappa shape index (κ3) is 7.66. The van der Waals surface area contributed by atoms with Gasteiger partial charge in [0.05, 0.1) is 0 Å². The number of phenolic OH excluding ortho intramolecular Hbond substituents is 1. The van der Waals surface area contributed by atoms with Crippen molar-refractivity contribution in [2.45, 2.75) is 13.8 Å². The van der Waals surface area contributed by atoms with Gasteiger partial charge in [-0.15, -0.1) is 0 Å². The second kappa shape index (κ2) is 9.46. The maximum Gasteiger partial charge on any atom is 0.406 e. The van der Waals surface area contributed by atoms with Crippen molar-refractivity contribution in [3.05, 3.63) is 24.3 Å². The first-order valence-corrected chi connectivity index (χ1v) is 6.57. The predicted molar refractivity (Wildman–Crippen MR) is 81.8 cm³/mol. The smallest absolute Gasteiger partial charge is 0.406 e. The summed E-state index contributed by atoms with van der Waals surface area (Å²) in [6, 6.07) is 6.36. The molecule has 0 saturated carbocycles. The maximum atomic E-state index is 11.6. The van der Waals surface area contributed by atoms with Crippen molar-refractivity contribution >= 4 is 17.8 Å². The van der Waals surface area contributed by atoms with Crippen molar-refractivity contribution in [3.63, 3.8) is 0 Å². The molecule has 0 bridgehead atoms. The van der Waals surface area contributed by atoms with Crippen molar-refractivity contribution in [3.8, 4) is 5.75 Å². The van der Waals surface area contributed by atoms with Gasteiger partial charge in [-0.3, -0.25) is 0 Å². The van der Waals surface area contributed by atoms with Gasteiger partial charge in [0.2, 0.25) is 0 Å². The van der Waals surface area contributed by atoms with E-state index < -0.39 is 6.09 Å². The summed E-state index contributed by atoms with van der Waals surface area (Å²) in [7, 11) is 2.95. The summed E-state index contributed by atoms with van der Waals surface area (Å²) < 4.78 is 0. The highest BCUT2D eigenvalue weighted by Gasteiger charge is 2.08. The Morgan fingerprint density at radius 2 is 1.71 bits per heavy atom. The van der Waals surface area contributed by atoms with Gasteiger partial charge >= 0.3 is 12.1 Å². The molecule has 21 heavy (non-hydrogen) atoms. The number of benzene rings is 1. The van der Waals surface area contributed by atoms with E-state index in [2.05, 4.69) is 5.32 Å². The molecule has 0 radical (unpaired) electrons. The Hall–Kier alpha value is -2.44. The van der Waals surface area contributed by atoms with Gasteiger partial charge in [0.1, 0.15) is 5.75 Å². The first-order valence-electron chi connectivity index (χ1n) is 6.57. The number of phenols is 1. The average molecular weight is 297 g/mol. The maximum absolute atomic E-state index is 11.6. The highest BCUT2D eigenvalue weighted by molar-refractivity contribution is 5.89. The lowest BCUT2D eigenvalue weighted by Gasteiger charge is -2.19. The number of hydrogen-bond acceptors (Lipinski definition) is 3. The standard InChI is InChI=1S/C11H16N2O2.C3H7NO2/c1-3-13(4-2)11(15)12-9-6-5-7-10(14)8-9;1-4(2)3(5)6/h5-8,14H,3-4H2,1-2H3,(H,12,15);1-2H3,(H,5,6). The van der Waals surface area contributed by atoms with Gasteiger partial charge in [0.15, 0.2) is 0 Å². The number of nitrogens with zero attached hydrogens (tertiary/aromatic N) is 2. The molecule has 7 nitrogen and oxygen atoms in total. The van der Waals surface area contributed by atoms with Gasteiger partial charge in [-0.25, -0.2) is 9.59 Å². The fourth-order valence-electron chi connectivity index (χ4n) is 1.30. The van der Waals surface area contributed by atoms with Crippen molar-refractivity contribution in [2.75, 3.05) is 32.5 Å². The molecular weight excluding hydrogens is 274 g/mol. The van der Waals surface area contributed by atoms with Gasteiger partial charge < -0.3 is 25.3 Å². The first-order chi connectivity index (χ1) is 9.81. The monoisotopic (exact) mass is 297 g/mol. The number of anilines is 1. The molecular formula is C14H23N3O4. The van der Waals surface area contributed by atoms with Gasteiger partial charge in [-0.05, 0) is 26.0 Å². The van der Waals surface area contributed by atoms with Crippen molar-refractivity contribution in [1.82, 2.24) is 9.80 Å². The number of urea groups is 1. The number of hydrogen-bond donors (Lipinski definition) is 3. The predicted octanol–water partition coefficient (Wildman–Crippen LogP) is 2.49. The minimum atomic E-state index is -0.907. The molecule has 3 amide bonds. The van der Waals surface area contributed by atoms with Crippen LogP contribution in [0.5, 0.6) is 5.75 Å². The van der Waals surface area contributed by atoms with Crippen LogP contribution in [0.3, 0.4) is 0 Å². The Labute approximate surface area is 124 Å². The summed E-state index contributed by atoms with van der Waals surface area (Å²) in [5.74, 6) is 0.146. The second-order valence-corrected chi connectivity index (χ2v) is 4.33. The van der Waals surface area contributed by atoms with Crippen LogP contribution in [-0.4, -0.2) is 59.3 Å². The van der Waals surface area contributed by atoms with Gasteiger partial charge in [-0.1, -0.05) is 6.07 Å². The van der Waals surface area contributed by atoms with E-state index in [1.54, 1.807) is 23.1 Å². The molecule has 1 rings (SSSR count). The number of nitrogens with one attached hydrogen (secondary N) is 1. The SMILES string of the molecule is CCN(CC)C(=O)Nc1cccc(O)c1.CN(C)C(=O)O. The summed E-state index contributed by atoms with van der Waals surface area (Å²) in [6.45, 7) is 5.18.